The van der Waals surface area contributed by atoms with Crippen molar-refractivity contribution in [3.8, 4) is 11.1 Å². The van der Waals surface area contributed by atoms with Gasteiger partial charge in [-0.15, -0.1) is 0 Å². The van der Waals surface area contributed by atoms with Crippen molar-refractivity contribution in [1.82, 2.24) is 4.57 Å². The quantitative estimate of drug-likeness (QED) is 0.327. The molecule has 1 nitrogen and oxygen atoms in total. The monoisotopic (exact) mass is 379 g/mol. The van der Waals surface area contributed by atoms with Crippen LogP contribution < -0.4 is 0 Å². The van der Waals surface area contributed by atoms with Crippen LogP contribution in [0.3, 0.4) is 0 Å². The third kappa shape index (κ3) is 2.68. The maximum absolute atomic E-state index is 2.54. The smallest absolute Gasteiger partial charge is 0.0488 e. The van der Waals surface area contributed by atoms with Gasteiger partial charge in [0.15, 0.2) is 0 Å². The van der Waals surface area contributed by atoms with Crippen molar-refractivity contribution in [3.05, 3.63) is 95.2 Å². The van der Waals surface area contributed by atoms with Crippen LogP contribution in [0.1, 0.15) is 56.0 Å². The van der Waals surface area contributed by atoms with E-state index in [9.17, 15) is 0 Å². The molecule has 0 aliphatic heterocycles. The van der Waals surface area contributed by atoms with E-state index in [0.29, 0.717) is 5.92 Å². The average Bonchev–Trinajstić information content (AvgIpc) is 3.05. The maximum Gasteiger partial charge on any atom is 0.0488 e. The second-order valence-corrected chi connectivity index (χ2v) is 9.04. The van der Waals surface area contributed by atoms with E-state index in [4.69, 9.17) is 0 Å². The molecule has 0 unspecified atom stereocenters. The van der Waals surface area contributed by atoms with Crippen LogP contribution in [0.2, 0.25) is 0 Å². The summed E-state index contributed by atoms with van der Waals surface area (Å²) in [5.41, 5.74) is 10.1. The van der Waals surface area contributed by atoms with E-state index >= 15 is 0 Å². The molecule has 5 rings (SSSR count). The summed E-state index contributed by atoms with van der Waals surface area (Å²) in [6.07, 6.45) is 1.03. The summed E-state index contributed by atoms with van der Waals surface area (Å²) in [5, 5.41) is 1.38. The summed E-state index contributed by atoms with van der Waals surface area (Å²) in [6.45, 7) is 10.5. The molecule has 1 heterocycles. The van der Waals surface area contributed by atoms with E-state index in [2.05, 4.69) is 105 Å². The number of hydrogen-bond acceptors (Lipinski definition) is 0. The standard InChI is InChI=1S/C28H29N/c1-5-29-25-17-11-9-15-23(25)27-22-14-7-6-12-20(22)19(2)21-13-8-10-16-24(21)28(3,4)18-26(27)29/h6-17,19H,5,18H2,1-4H3/t19-/m0/s1. The van der Waals surface area contributed by atoms with Crippen LogP contribution in [0.4, 0.5) is 0 Å². The van der Waals surface area contributed by atoms with Crippen molar-refractivity contribution in [1.29, 1.82) is 0 Å². The molecule has 1 heteroatoms. The summed E-state index contributed by atoms with van der Waals surface area (Å²) >= 11 is 0. The summed E-state index contributed by atoms with van der Waals surface area (Å²) in [7, 11) is 0. The Hall–Kier alpha value is -2.80. The Morgan fingerprint density at radius 2 is 1.52 bits per heavy atom. The van der Waals surface area contributed by atoms with Gasteiger partial charge in [-0.3, -0.25) is 0 Å². The van der Waals surface area contributed by atoms with Gasteiger partial charge < -0.3 is 4.57 Å². The lowest BCUT2D eigenvalue weighted by molar-refractivity contribution is 0.498. The first-order chi connectivity index (χ1) is 14.0. The lowest BCUT2D eigenvalue weighted by Gasteiger charge is -2.30. The highest BCUT2D eigenvalue weighted by molar-refractivity contribution is 5.99. The number of nitrogens with zero attached hydrogens (tertiary/aromatic N) is 1. The molecule has 0 saturated heterocycles. The van der Waals surface area contributed by atoms with Gasteiger partial charge in [0.25, 0.3) is 0 Å². The first-order valence-electron chi connectivity index (χ1n) is 10.8. The Morgan fingerprint density at radius 3 is 2.31 bits per heavy atom. The van der Waals surface area contributed by atoms with Crippen LogP contribution in [-0.2, 0) is 18.4 Å². The van der Waals surface area contributed by atoms with Gasteiger partial charge in [0.2, 0.25) is 0 Å². The Kier molecular flexibility index (Phi) is 4.17. The third-order valence-electron chi connectivity index (χ3n) is 6.86. The van der Waals surface area contributed by atoms with Gasteiger partial charge in [0.1, 0.15) is 0 Å². The zero-order chi connectivity index (χ0) is 20.2. The lowest BCUT2D eigenvalue weighted by Crippen LogP contribution is -2.24. The lowest BCUT2D eigenvalue weighted by atomic mass is 9.75. The van der Waals surface area contributed by atoms with E-state index in [0.717, 1.165) is 13.0 Å². The Labute approximate surface area is 174 Å². The van der Waals surface area contributed by atoms with Gasteiger partial charge in [-0.2, -0.15) is 0 Å². The van der Waals surface area contributed by atoms with Crippen molar-refractivity contribution in [3.63, 3.8) is 0 Å². The minimum atomic E-state index is 0.0585. The molecule has 0 bridgehead atoms. The fourth-order valence-electron chi connectivity index (χ4n) is 5.48. The number of aryl methyl sites for hydroxylation is 1. The molecular weight excluding hydrogens is 350 g/mol. The molecular formula is C28H29N. The van der Waals surface area contributed by atoms with Crippen LogP contribution in [0.5, 0.6) is 0 Å². The molecule has 0 amide bonds. The Morgan fingerprint density at radius 1 is 0.862 bits per heavy atom. The van der Waals surface area contributed by atoms with Crippen LogP contribution in [0, 0.1) is 0 Å². The largest absolute Gasteiger partial charge is 0.344 e. The predicted molar refractivity (Wildman–Crippen MR) is 124 cm³/mol. The van der Waals surface area contributed by atoms with Crippen LogP contribution >= 0.6 is 0 Å². The SMILES string of the molecule is CCn1c2c(c3ccccc31)-c1ccccc1[C@H](C)c1ccccc1C(C)(C)C2. The van der Waals surface area contributed by atoms with Crippen LogP contribution in [-0.4, -0.2) is 4.57 Å². The summed E-state index contributed by atoms with van der Waals surface area (Å²) < 4.78 is 2.54. The summed E-state index contributed by atoms with van der Waals surface area (Å²) in [4.78, 5) is 0. The fourth-order valence-corrected chi connectivity index (χ4v) is 5.48. The molecule has 4 aromatic rings. The third-order valence-corrected chi connectivity index (χ3v) is 6.86. The van der Waals surface area contributed by atoms with Gasteiger partial charge in [-0.25, -0.2) is 0 Å². The summed E-state index contributed by atoms with van der Waals surface area (Å²) in [5.74, 6) is 0.358. The Bertz CT molecular complexity index is 1210. The molecule has 0 fully saturated rings. The fraction of sp³-hybridized carbons (Fsp3) is 0.286. The first kappa shape index (κ1) is 18.2. The molecule has 29 heavy (non-hydrogen) atoms. The highest BCUT2D eigenvalue weighted by Crippen LogP contribution is 2.46. The molecule has 1 aliphatic carbocycles. The van der Waals surface area contributed by atoms with Crippen molar-refractivity contribution in [2.45, 2.75) is 52.0 Å². The number of benzene rings is 3. The number of fused-ring (bicyclic) bond motifs is 6. The second kappa shape index (κ2) is 6.62. The summed E-state index contributed by atoms with van der Waals surface area (Å²) in [6, 6.07) is 27.1. The molecule has 0 saturated carbocycles. The minimum Gasteiger partial charge on any atom is -0.344 e. The van der Waals surface area contributed by atoms with Crippen molar-refractivity contribution < 1.29 is 0 Å². The highest BCUT2D eigenvalue weighted by atomic mass is 15.0. The maximum atomic E-state index is 2.54. The number of aromatic nitrogens is 1. The zero-order valence-corrected chi connectivity index (χ0v) is 17.9. The van der Waals surface area contributed by atoms with Crippen molar-refractivity contribution in [2.75, 3.05) is 0 Å². The van der Waals surface area contributed by atoms with Gasteiger partial charge in [-0.05, 0) is 47.1 Å². The predicted octanol–water partition coefficient (Wildman–Crippen LogP) is 7.31. The van der Waals surface area contributed by atoms with Gasteiger partial charge in [-0.1, -0.05) is 87.5 Å². The molecule has 0 N–H and O–H groups in total. The van der Waals surface area contributed by atoms with E-state index in [1.807, 2.05) is 0 Å². The Balaban J connectivity index is 1.95. The van der Waals surface area contributed by atoms with Gasteiger partial charge >= 0.3 is 0 Å². The molecule has 1 atom stereocenters. The van der Waals surface area contributed by atoms with Crippen LogP contribution in [0.15, 0.2) is 72.8 Å². The topological polar surface area (TPSA) is 4.93 Å². The number of para-hydroxylation sites is 1. The average molecular weight is 380 g/mol. The first-order valence-corrected chi connectivity index (χ1v) is 10.8. The second-order valence-electron chi connectivity index (χ2n) is 9.04. The van der Waals surface area contributed by atoms with E-state index in [1.165, 1.54) is 44.4 Å². The minimum absolute atomic E-state index is 0.0585. The highest BCUT2D eigenvalue weighted by Gasteiger charge is 2.32. The normalized spacial score (nSPS) is 17.6. The molecule has 0 spiro atoms. The van der Waals surface area contributed by atoms with E-state index in [-0.39, 0.29) is 5.41 Å². The molecule has 146 valence electrons. The number of hydrogen-bond donors (Lipinski definition) is 0. The van der Waals surface area contributed by atoms with Gasteiger partial charge in [0, 0.05) is 34.6 Å². The van der Waals surface area contributed by atoms with Crippen LogP contribution in [0.25, 0.3) is 22.0 Å². The zero-order valence-electron chi connectivity index (χ0n) is 17.9. The number of rotatable bonds is 1. The van der Waals surface area contributed by atoms with E-state index in [1.54, 1.807) is 0 Å². The molecule has 1 aromatic heterocycles. The van der Waals surface area contributed by atoms with Gasteiger partial charge in [0.05, 0.1) is 0 Å². The molecule has 1 aliphatic rings. The van der Waals surface area contributed by atoms with E-state index < -0.39 is 0 Å². The molecule has 3 aromatic carbocycles. The van der Waals surface area contributed by atoms with Crippen molar-refractivity contribution >= 4 is 10.9 Å². The molecule has 0 radical (unpaired) electrons. The van der Waals surface area contributed by atoms with Crippen molar-refractivity contribution in [2.24, 2.45) is 0 Å².